The number of ether oxygens (including phenoxy) is 2. The molecule has 0 saturated carbocycles. The fourth-order valence-corrected chi connectivity index (χ4v) is 2.13. The Hall–Kier alpha value is -2.37. The Kier molecular flexibility index (Phi) is 6.14. The summed E-state index contributed by atoms with van der Waals surface area (Å²) < 4.78 is 10.5. The molecule has 1 heterocycles. The zero-order chi connectivity index (χ0) is 16.7. The number of hydrogen-bond donors (Lipinski definition) is 0. The Morgan fingerprint density at radius 3 is 3.00 bits per heavy atom. The third-order valence-electron chi connectivity index (χ3n) is 3.40. The molecule has 0 saturated heterocycles. The first-order chi connectivity index (χ1) is 11.1. The molecule has 1 aromatic carbocycles. The molecule has 0 aliphatic carbocycles. The maximum Gasteiger partial charge on any atom is 0.305 e. The lowest BCUT2D eigenvalue weighted by molar-refractivity contribution is -0.146. The molecule has 6 heteroatoms. The number of carbonyl (C=O) groups excluding carboxylic acids is 2. The molecule has 0 bridgehead atoms. The van der Waals surface area contributed by atoms with E-state index in [4.69, 9.17) is 9.47 Å². The number of aryl methyl sites for hydroxylation is 1. The van der Waals surface area contributed by atoms with Crippen LogP contribution >= 0.6 is 0 Å². The van der Waals surface area contributed by atoms with E-state index in [0.717, 1.165) is 24.0 Å². The zero-order valence-electron chi connectivity index (χ0n) is 13.6. The number of rotatable bonds is 7. The number of benzene rings is 1. The highest BCUT2D eigenvalue weighted by atomic mass is 16.5. The molecule has 124 valence electrons. The van der Waals surface area contributed by atoms with Gasteiger partial charge in [0.25, 0.3) is 5.91 Å². The van der Waals surface area contributed by atoms with E-state index in [9.17, 15) is 9.59 Å². The minimum atomic E-state index is -0.244. The van der Waals surface area contributed by atoms with Gasteiger partial charge in [-0.05, 0) is 25.5 Å². The van der Waals surface area contributed by atoms with Crippen molar-refractivity contribution in [2.24, 2.45) is 5.10 Å². The molecule has 0 N–H and O–H groups in total. The Bertz CT molecular complexity index is 598. The van der Waals surface area contributed by atoms with Gasteiger partial charge >= 0.3 is 5.97 Å². The Balaban J connectivity index is 1.93. The van der Waals surface area contributed by atoms with Crippen molar-refractivity contribution in [1.82, 2.24) is 5.01 Å². The molecule has 0 aromatic heterocycles. The topological polar surface area (TPSA) is 68.2 Å². The summed E-state index contributed by atoms with van der Waals surface area (Å²) in [4.78, 5) is 23.3. The lowest BCUT2D eigenvalue weighted by Crippen LogP contribution is -2.38. The van der Waals surface area contributed by atoms with Crippen molar-refractivity contribution >= 4 is 17.8 Å². The van der Waals surface area contributed by atoms with Gasteiger partial charge in [-0.2, -0.15) is 0 Å². The van der Waals surface area contributed by atoms with Crippen LogP contribution in [0.2, 0.25) is 0 Å². The van der Waals surface area contributed by atoms with E-state index in [1.165, 1.54) is 5.01 Å². The normalized spacial score (nSPS) is 14.3. The van der Waals surface area contributed by atoms with Crippen LogP contribution in [0, 0.1) is 6.92 Å². The van der Waals surface area contributed by atoms with Gasteiger partial charge in [-0.3, -0.25) is 9.59 Å². The highest BCUT2D eigenvalue weighted by molar-refractivity contribution is 5.98. The summed E-state index contributed by atoms with van der Waals surface area (Å²) in [5.74, 6) is -0.0768. The fraction of sp³-hybridized carbons (Fsp3) is 0.471. The van der Waals surface area contributed by atoms with Gasteiger partial charge in [-0.1, -0.05) is 31.0 Å². The highest BCUT2D eigenvalue weighted by Gasteiger charge is 2.22. The minimum Gasteiger partial charge on any atom is -0.466 e. The van der Waals surface area contributed by atoms with Crippen molar-refractivity contribution in [3.05, 3.63) is 35.4 Å². The maximum absolute atomic E-state index is 11.8. The summed E-state index contributed by atoms with van der Waals surface area (Å²) in [6.07, 6.45) is 2.16. The van der Waals surface area contributed by atoms with Gasteiger partial charge in [0.15, 0.2) is 6.61 Å². The summed E-state index contributed by atoms with van der Waals surface area (Å²) in [6.45, 7) is 4.30. The summed E-state index contributed by atoms with van der Waals surface area (Å²) >= 11 is 0. The van der Waals surface area contributed by atoms with Gasteiger partial charge < -0.3 is 9.47 Å². The first-order valence-electron chi connectivity index (χ1n) is 7.84. The molecule has 1 aliphatic heterocycles. The Labute approximate surface area is 136 Å². The summed E-state index contributed by atoms with van der Waals surface area (Å²) in [6, 6.07) is 7.71. The monoisotopic (exact) mass is 318 g/mol. The SMILES string of the molecule is CCCCC(=O)OCCN1N=C(c2cccc(C)c2)OCC1=O. The Morgan fingerprint density at radius 2 is 2.26 bits per heavy atom. The number of amides is 1. The van der Waals surface area contributed by atoms with Crippen molar-refractivity contribution in [3.63, 3.8) is 0 Å². The lowest BCUT2D eigenvalue weighted by atomic mass is 10.1. The van der Waals surface area contributed by atoms with Gasteiger partial charge in [0.2, 0.25) is 5.90 Å². The second kappa shape index (κ2) is 8.31. The van der Waals surface area contributed by atoms with E-state index in [2.05, 4.69) is 5.10 Å². The highest BCUT2D eigenvalue weighted by Crippen LogP contribution is 2.11. The van der Waals surface area contributed by atoms with Crippen molar-refractivity contribution in [2.75, 3.05) is 19.8 Å². The van der Waals surface area contributed by atoms with E-state index >= 15 is 0 Å². The molecule has 0 radical (unpaired) electrons. The molecule has 0 atom stereocenters. The van der Waals surface area contributed by atoms with Crippen LogP contribution in [-0.4, -0.2) is 42.5 Å². The van der Waals surface area contributed by atoms with E-state index in [-0.39, 0.29) is 31.6 Å². The predicted molar refractivity (Wildman–Crippen MR) is 85.9 cm³/mol. The zero-order valence-corrected chi connectivity index (χ0v) is 13.6. The number of carbonyl (C=O) groups is 2. The predicted octanol–water partition coefficient (Wildman–Crippen LogP) is 2.25. The van der Waals surface area contributed by atoms with E-state index in [1.54, 1.807) is 0 Å². The van der Waals surface area contributed by atoms with Crippen LogP contribution in [0.3, 0.4) is 0 Å². The largest absolute Gasteiger partial charge is 0.466 e. The molecule has 1 amide bonds. The van der Waals surface area contributed by atoms with E-state index in [1.807, 2.05) is 38.1 Å². The van der Waals surface area contributed by atoms with Gasteiger partial charge in [0.05, 0.1) is 6.54 Å². The third kappa shape index (κ3) is 5.09. The first kappa shape index (κ1) is 17.0. The lowest BCUT2D eigenvalue weighted by Gasteiger charge is -2.23. The van der Waals surface area contributed by atoms with Crippen LogP contribution in [0.25, 0.3) is 0 Å². The average Bonchev–Trinajstić information content (AvgIpc) is 2.54. The van der Waals surface area contributed by atoms with Crippen LogP contribution in [0.4, 0.5) is 0 Å². The fourth-order valence-electron chi connectivity index (χ4n) is 2.13. The van der Waals surface area contributed by atoms with Crippen LogP contribution < -0.4 is 0 Å². The van der Waals surface area contributed by atoms with Crippen molar-refractivity contribution < 1.29 is 19.1 Å². The maximum atomic E-state index is 11.8. The summed E-state index contributed by atoms with van der Waals surface area (Å²) in [7, 11) is 0. The van der Waals surface area contributed by atoms with Gasteiger partial charge in [-0.15, -0.1) is 5.10 Å². The molecule has 0 fully saturated rings. The van der Waals surface area contributed by atoms with Crippen LogP contribution in [0.5, 0.6) is 0 Å². The number of unbranched alkanes of at least 4 members (excludes halogenated alkanes) is 1. The molecule has 2 rings (SSSR count). The van der Waals surface area contributed by atoms with E-state index < -0.39 is 0 Å². The third-order valence-corrected chi connectivity index (χ3v) is 3.40. The molecule has 1 aromatic rings. The number of nitrogens with zero attached hydrogens (tertiary/aromatic N) is 2. The number of hydrogen-bond acceptors (Lipinski definition) is 5. The van der Waals surface area contributed by atoms with Crippen molar-refractivity contribution in [1.29, 1.82) is 0 Å². The van der Waals surface area contributed by atoms with Crippen molar-refractivity contribution in [2.45, 2.75) is 33.1 Å². The van der Waals surface area contributed by atoms with Gasteiger partial charge in [0, 0.05) is 12.0 Å². The van der Waals surface area contributed by atoms with E-state index in [0.29, 0.717) is 12.3 Å². The second-order valence-electron chi connectivity index (χ2n) is 5.40. The van der Waals surface area contributed by atoms with Crippen LogP contribution in [-0.2, 0) is 19.1 Å². The second-order valence-corrected chi connectivity index (χ2v) is 5.40. The number of hydrazone groups is 1. The molecule has 6 nitrogen and oxygen atoms in total. The summed E-state index contributed by atoms with van der Waals surface area (Å²) in [5.41, 5.74) is 1.91. The molecule has 0 spiro atoms. The molecule has 23 heavy (non-hydrogen) atoms. The van der Waals surface area contributed by atoms with Crippen molar-refractivity contribution in [3.8, 4) is 0 Å². The minimum absolute atomic E-state index is 0.0590. The smallest absolute Gasteiger partial charge is 0.305 e. The number of esters is 1. The molecular weight excluding hydrogens is 296 g/mol. The van der Waals surface area contributed by atoms with Gasteiger partial charge in [0.1, 0.15) is 6.61 Å². The quantitative estimate of drug-likeness (QED) is 0.723. The average molecular weight is 318 g/mol. The van der Waals surface area contributed by atoms with Crippen LogP contribution in [0.1, 0.15) is 37.3 Å². The molecule has 0 unspecified atom stereocenters. The first-order valence-corrected chi connectivity index (χ1v) is 7.84. The van der Waals surface area contributed by atoms with Crippen LogP contribution in [0.15, 0.2) is 29.4 Å². The summed E-state index contributed by atoms with van der Waals surface area (Å²) in [5, 5.41) is 5.52. The van der Waals surface area contributed by atoms with Gasteiger partial charge in [-0.25, -0.2) is 5.01 Å². The Morgan fingerprint density at radius 1 is 1.43 bits per heavy atom. The molecule has 1 aliphatic rings. The standard InChI is InChI=1S/C17H22N2O4/c1-3-4-8-16(21)22-10-9-19-15(20)12-23-17(18-19)14-7-5-6-13(2)11-14/h5-7,11H,3-4,8-10,12H2,1-2H3. The molecular formula is C17H22N2O4.